The molecule has 0 atom stereocenters. The molecule has 9 aromatic rings. The van der Waals surface area contributed by atoms with Crippen LogP contribution >= 0.6 is 0 Å². The van der Waals surface area contributed by atoms with Crippen LogP contribution in [-0.4, -0.2) is 9.38 Å². The Morgan fingerprint density at radius 3 is 2.05 bits per heavy atom. The van der Waals surface area contributed by atoms with Crippen LogP contribution in [-0.2, 0) is 0 Å². The highest BCUT2D eigenvalue weighted by atomic mass is 15.0. The van der Waals surface area contributed by atoms with Gasteiger partial charge in [-0.05, 0) is 79.2 Å². The summed E-state index contributed by atoms with van der Waals surface area (Å²) >= 11 is 0. The fourth-order valence-corrected chi connectivity index (χ4v) is 6.58. The van der Waals surface area contributed by atoms with Crippen molar-refractivity contribution in [2.45, 2.75) is 0 Å². The molecule has 0 spiro atoms. The SMILES string of the molecule is c1ccc2c(c1)cc(-c1ccc3c(c1)c1ccc4ccccc4c1c1nc4ccccc4n31)c1ccccc12. The number of aromatic nitrogens is 2. The minimum absolute atomic E-state index is 1.01. The number of hydrogen-bond donors (Lipinski definition) is 0. The number of fused-ring (bicyclic) bond motifs is 13. The van der Waals surface area contributed by atoms with Gasteiger partial charge in [0.15, 0.2) is 0 Å². The monoisotopic (exact) mass is 494 g/mol. The number of rotatable bonds is 1. The number of para-hydroxylation sites is 2. The molecule has 0 aliphatic rings. The Kier molecular flexibility index (Phi) is 4.08. The average molecular weight is 495 g/mol. The molecule has 39 heavy (non-hydrogen) atoms. The molecule has 2 heterocycles. The Balaban J connectivity index is 1.48. The Bertz CT molecular complexity index is 2450. The first-order valence-corrected chi connectivity index (χ1v) is 13.4. The molecule has 2 heteroatoms. The first kappa shape index (κ1) is 20.8. The molecule has 0 unspecified atom stereocenters. The van der Waals surface area contributed by atoms with Crippen LogP contribution in [0.3, 0.4) is 0 Å². The Morgan fingerprint density at radius 2 is 1.15 bits per heavy atom. The molecule has 0 aliphatic carbocycles. The molecule has 2 aromatic heterocycles. The van der Waals surface area contributed by atoms with Gasteiger partial charge in [0.05, 0.1) is 16.6 Å². The van der Waals surface area contributed by atoms with Gasteiger partial charge in [-0.25, -0.2) is 4.98 Å². The number of hydrogen-bond acceptors (Lipinski definition) is 1. The topological polar surface area (TPSA) is 17.3 Å². The number of imidazole rings is 1. The van der Waals surface area contributed by atoms with Crippen LogP contribution in [0.1, 0.15) is 0 Å². The lowest BCUT2D eigenvalue weighted by atomic mass is 9.92. The van der Waals surface area contributed by atoms with Crippen molar-refractivity contribution in [1.82, 2.24) is 9.38 Å². The smallest absolute Gasteiger partial charge is 0.147 e. The zero-order chi connectivity index (χ0) is 25.5. The van der Waals surface area contributed by atoms with E-state index in [9.17, 15) is 0 Å². The highest BCUT2D eigenvalue weighted by Crippen LogP contribution is 2.40. The van der Waals surface area contributed by atoms with Gasteiger partial charge < -0.3 is 0 Å². The molecule has 0 N–H and O–H groups in total. The zero-order valence-corrected chi connectivity index (χ0v) is 21.1. The summed E-state index contributed by atoms with van der Waals surface area (Å²) < 4.78 is 2.35. The molecule has 0 bridgehead atoms. The lowest BCUT2D eigenvalue weighted by molar-refractivity contribution is 1.32. The number of pyridine rings is 1. The van der Waals surface area contributed by atoms with E-state index in [0.717, 1.165) is 16.7 Å². The van der Waals surface area contributed by atoms with E-state index in [4.69, 9.17) is 4.98 Å². The lowest BCUT2D eigenvalue weighted by Crippen LogP contribution is -1.93. The lowest BCUT2D eigenvalue weighted by Gasteiger charge is -2.15. The second-order valence-corrected chi connectivity index (χ2v) is 10.4. The molecule has 0 saturated heterocycles. The predicted molar refractivity (Wildman–Crippen MR) is 166 cm³/mol. The molecule has 180 valence electrons. The standard InChI is InChI=1S/C37H22N2/c1-4-12-27-23(9-1)17-19-30-32-22-25(31-21-24-10-2-3-11-26(24)28-13-5-6-14-29(28)31)18-20-34(32)39-35-16-8-7-15-33(35)38-37(39)36(27)30/h1-22H. The molecular formula is C37H22N2. The van der Waals surface area contributed by atoms with Gasteiger partial charge in [-0.3, -0.25) is 4.40 Å². The average Bonchev–Trinajstić information content (AvgIpc) is 3.40. The normalized spacial score (nSPS) is 12.1. The highest BCUT2D eigenvalue weighted by molar-refractivity contribution is 6.24. The summed E-state index contributed by atoms with van der Waals surface area (Å²) in [5.41, 5.74) is 6.83. The van der Waals surface area contributed by atoms with E-state index in [1.807, 2.05) is 0 Å². The van der Waals surface area contributed by atoms with Gasteiger partial charge in [0, 0.05) is 10.8 Å². The molecule has 7 aromatic carbocycles. The van der Waals surface area contributed by atoms with Crippen molar-refractivity contribution in [1.29, 1.82) is 0 Å². The van der Waals surface area contributed by atoms with Crippen LogP contribution in [0.4, 0.5) is 0 Å². The Labute approximate surface area is 224 Å². The summed E-state index contributed by atoms with van der Waals surface area (Å²) in [5, 5.41) is 11.3. The highest BCUT2D eigenvalue weighted by Gasteiger charge is 2.17. The summed E-state index contributed by atoms with van der Waals surface area (Å²) in [7, 11) is 0. The molecule has 0 radical (unpaired) electrons. The van der Waals surface area contributed by atoms with Crippen molar-refractivity contribution in [3.05, 3.63) is 133 Å². The molecule has 0 amide bonds. The third-order valence-corrected chi connectivity index (χ3v) is 8.32. The van der Waals surface area contributed by atoms with E-state index in [1.54, 1.807) is 0 Å². The molecular weight excluding hydrogens is 472 g/mol. The third-order valence-electron chi connectivity index (χ3n) is 8.32. The van der Waals surface area contributed by atoms with E-state index in [2.05, 4.69) is 138 Å². The molecule has 0 saturated carbocycles. The Morgan fingerprint density at radius 1 is 0.436 bits per heavy atom. The maximum Gasteiger partial charge on any atom is 0.147 e. The van der Waals surface area contributed by atoms with Gasteiger partial charge in [0.2, 0.25) is 0 Å². The van der Waals surface area contributed by atoms with Crippen LogP contribution < -0.4 is 0 Å². The first-order valence-electron chi connectivity index (χ1n) is 13.4. The second-order valence-electron chi connectivity index (χ2n) is 10.4. The van der Waals surface area contributed by atoms with Crippen molar-refractivity contribution in [3.63, 3.8) is 0 Å². The van der Waals surface area contributed by atoms with E-state index < -0.39 is 0 Å². The quantitative estimate of drug-likeness (QED) is 0.208. The predicted octanol–water partition coefficient (Wildman–Crippen LogP) is 9.92. The zero-order valence-electron chi connectivity index (χ0n) is 21.1. The maximum absolute atomic E-state index is 5.16. The molecule has 9 rings (SSSR count). The van der Waals surface area contributed by atoms with Crippen molar-refractivity contribution >= 4 is 70.7 Å². The fraction of sp³-hybridized carbons (Fsp3) is 0. The van der Waals surface area contributed by atoms with E-state index in [-0.39, 0.29) is 0 Å². The van der Waals surface area contributed by atoms with Gasteiger partial charge in [-0.1, -0.05) is 103 Å². The van der Waals surface area contributed by atoms with Gasteiger partial charge in [-0.15, -0.1) is 0 Å². The van der Waals surface area contributed by atoms with Gasteiger partial charge in [0.25, 0.3) is 0 Å². The number of benzene rings is 7. The molecule has 0 aliphatic heterocycles. The summed E-state index contributed by atoms with van der Waals surface area (Å²) in [5.74, 6) is 0. The molecule has 0 fully saturated rings. The number of nitrogens with zero attached hydrogens (tertiary/aromatic N) is 2. The van der Waals surface area contributed by atoms with Crippen molar-refractivity contribution in [2.75, 3.05) is 0 Å². The first-order chi connectivity index (χ1) is 19.3. The van der Waals surface area contributed by atoms with Crippen molar-refractivity contribution in [2.24, 2.45) is 0 Å². The van der Waals surface area contributed by atoms with Crippen LogP contribution in [0.25, 0.3) is 81.8 Å². The second kappa shape index (κ2) is 7.66. The van der Waals surface area contributed by atoms with Crippen LogP contribution in [0, 0.1) is 0 Å². The summed E-state index contributed by atoms with van der Waals surface area (Å²) in [6.45, 7) is 0. The van der Waals surface area contributed by atoms with Gasteiger partial charge in [0.1, 0.15) is 5.65 Å². The van der Waals surface area contributed by atoms with Crippen molar-refractivity contribution < 1.29 is 0 Å². The minimum atomic E-state index is 1.01. The van der Waals surface area contributed by atoms with E-state index in [1.165, 1.54) is 65.1 Å². The van der Waals surface area contributed by atoms with E-state index in [0.29, 0.717) is 0 Å². The van der Waals surface area contributed by atoms with Gasteiger partial charge >= 0.3 is 0 Å². The summed E-state index contributed by atoms with van der Waals surface area (Å²) in [6.07, 6.45) is 0. The largest absolute Gasteiger partial charge is 0.292 e. The third kappa shape index (κ3) is 2.83. The Hall–Kier alpha value is -5.21. The maximum atomic E-state index is 5.16. The van der Waals surface area contributed by atoms with Crippen LogP contribution in [0.2, 0.25) is 0 Å². The molecule has 2 nitrogen and oxygen atoms in total. The van der Waals surface area contributed by atoms with Crippen LogP contribution in [0.5, 0.6) is 0 Å². The van der Waals surface area contributed by atoms with E-state index >= 15 is 0 Å². The summed E-state index contributed by atoms with van der Waals surface area (Å²) in [4.78, 5) is 5.16. The fourth-order valence-electron chi connectivity index (χ4n) is 6.58. The minimum Gasteiger partial charge on any atom is -0.292 e. The van der Waals surface area contributed by atoms with Crippen LogP contribution in [0.15, 0.2) is 133 Å². The van der Waals surface area contributed by atoms with Crippen molar-refractivity contribution in [3.8, 4) is 11.1 Å². The van der Waals surface area contributed by atoms with Gasteiger partial charge in [-0.2, -0.15) is 0 Å². The summed E-state index contributed by atoms with van der Waals surface area (Å²) in [6, 6.07) is 48.4.